The summed E-state index contributed by atoms with van der Waals surface area (Å²) in [7, 11) is 0. The molecule has 0 unspecified atom stereocenters. The molecule has 0 aliphatic heterocycles. The van der Waals surface area contributed by atoms with Crippen LogP contribution in [0.3, 0.4) is 0 Å². The lowest BCUT2D eigenvalue weighted by atomic mass is 10.1. The molecule has 0 saturated heterocycles. The Bertz CT molecular complexity index is 980. The molecule has 7 heteroatoms. The molecule has 3 aromatic rings. The Hall–Kier alpha value is -3.12. The monoisotopic (exact) mass is 382 g/mol. The molecule has 27 heavy (non-hydrogen) atoms. The van der Waals surface area contributed by atoms with Gasteiger partial charge in [0, 0.05) is 16.3 Å². The van der Waals surface area contributed by atoms with E-state index in [1.807, 2.05) is 44.2 Å². The molecule has 2 amide bonds. The van der Waals surface area contributed by atoms with Crippen LogP contribution in [0.2, 0.25) is 5.02 Å². The number of rotatable bonds is 5. The topological polar surface area (TPSA) is 86.9 Å². The van der Waals surface area contributed by atoms with Gasteiger partial charge in [-0.15, -0.1) is 0 Å². The number of amides is 2. The minimum atomic E-state index is -0.404. The lowest BCUT2D eigenvalue weighted by molar-refractivity contribution is -0.115. The van der Waals surface area contributed by atoms with Crippen LogP contribution in [0.15, 0.2) is 48.5 Å². The minimum Gasteiger partial charge on any atom is -0.342 e. The van der Waals surface area contributed by atoms with Crippen LogP contribution in [0.25, 0.3) is 11.3 Å². The molecule has 2 aromatic carbocycles. The van der Waals surface area contributed by atoms with Crippen LogP contribution in [0.5, 0.6) is 0 Å². The predicted octanol–water partition coefficient (Wildman–Crippen LogP) is 3.72. The highest BCUT2D eigenvalue weighted by Crippen LogP contribution is 2.20. The fraction of sp³-hybridized carbons (Fsp3) is 0.150. The normalized spacial score (nSPS) is 10.5. The van der Waals surface area contributed by atoms with Crippen molar-refractivity contribution in [3.63, 3.8) is 0 Å². The molecule has 0 spiro atoms. The smallest absolute Gasteiger partial charge is 0.269 e. The third-order valence-corrected chi connectivity index (χ3v) is 4.50. The summed E-state index contributed by atoms with van der Waals surface area (Å²) in [5.74, 6) is -0.701. The molecule has 1 heterocycles. The number of aromatic amines is 1. The van der Waals surface area contributed by atoms with Crippen molar-refractivity contribution < 1.29 is 9.59 Å². The number of carbonyl (C=O) groups excluding carboxylic acids is 2. The Morgan fingerprint density at radius 2 is 1.85 bits per heavy atom. The van der Waals surface area contributed by atoms with Gasteiger partial charge in [-0.05, 0) is 49.2 Å². The highest BCUT2D eigenvalue weighted by molar-refractivity contribution is 6.30. The number of anilines is 1. The Balaban J connectivity index is 1.58. The molecule has 138 valence electrons. The van der Waals surface area contributed by atoms with Gasteiger partial charge in [0.05, 0.1) is 12.2 Å². The third-order valence-electron chi connectivity index (χ3n) is 4.25. The summed E-state index contributed by atoms with van der Waals surface area (Å²) in [6.07, 6.45) is 0. The minimum absolute atomic E-state index is 0.137. The van der Waals surface area contributed by atoms with E-state index in [9.17, 15) is 9.59 Å². The number of halogens is 1. The van der Waals surface area contributed by atoms with Gasteiger partial charge >= 0.3 is 0 Å². The van der Waals surface area contributed by atoms with Crippen molar-refractivity contribution >= 4 is 29.1 Å². The fourth-order valence-electron chi connectivity index (χ4n) is 2.54. The molecule has 0 atom stereocenters. The molecular weight excluding hydrogens is 364 g/mol. The van der Waals surface area contributed by atoms with Crippen LogP contribution in [0.4, 0.5) is 5.69 Å². The zero-order chi connectivity index (χ0) is 19.4. The molecule has 0 bridgehead atoms. The molecule has 3 N–H and O–H groups in total. The number of aryl methyl sites for hydroxylation is 1. The van der Waals surface area contributed by atoms with Crippen molar-refractivity contribution in [3.8, 4) is 11.3 Å². The van der Waals surface area contributed by atoms with Crippen LogP contribution in [-0.4, -0.2) is 28.6 Å². The van der Waals surface area contributed by atoms with E-state index < -0.39 is 5.91 Å². The van der Waals surface area contributed by atoms with E-state index in [4.69, 9.17) is 11.6 Å². The molecule has 0 fully saturated rings. The molecule has 6 nitrogen and oxygen atoms in total. The first-order chi connectivity index (χ1) is 12.9. The van der Waals surface area contributed by atoms with Gasteiger partial charge in [0.1, 0.15) is 5.69 Å². The second kappa shape index (κ2) is 8.05. The van der Waals surface area contributed by atoms with Gasteiger partial charge < -0.3 is 10.6 Å². The first-order valence-corrected chi connectivity index (χ1v) is 8.77. The van der Waals surface area contributed by atoms with Gasteiger partial charge in [0.25, 0.3) is 5.91 Å². The summed E-state index contributed by atoms with van der Waals surface area (Å²) in [6, 6.07) is 14.4. The number of benzene rings is 2. The van der Waals surface area contributed by atoms with Crippen molar-refractivity contribution in [2.24, 2.45) is 0 Å². The summed E-state index contributed by atoms with van der Waals surface area (Å²) in [5.41, 5.74) is 4.56. The van der Waals surface area contributed by atoms with Crippen LogP contribution >= 0.6 is 11.6 Å². The van der Waals surface area contributed by atoms with E-state index >= 15 is 0 Å². The highest BCUT2D eigenvalue weighted by atomic mass is 35.5. The van der Waals surface area contributed by atoms with Gasteiger partial charge in [-0.1, -0.05) is 35.9 Å². The summed E-state index contributed by atoms with van der Waals surface area (Å²) in [4.78, 5) is 24.3. The molecule has 1 aromatic heterocycles. The molecular formula is C20H19ClN4O2. The standard InChI is InChI=1S/C20H19ClN4O2/c1-12-4-3-5-16(13(12)2)23-19(26)11-22-20(27)18-10-17(24-25-18)14-6-8-15(21)9-7-14/h3-10H,11H2,1-2H3,(H,22,27)(H,23,26)(H,24,25). The zero-order valence-corrected chi connectivity index (χ0v) is 15.7. The van der Waals surface area contributed by atoms with E-state index in [0.717, 1.165) is 22.4 Å². The number of hydrogen-bond donors (Lipinski definition) is 3. The van der Waals surface area contributed by atoms with Gasteiger partial charge in [-0.2, -0.15) is 5.10 Å². The van der Waals surface area contributed by atoms with Crippen molar-refractivity contribution in [2.75, 3.05) is 11.9 Å². The lowest BCUT2D eigenvalue weighted by Crippen LogP contribution is -2.33. The fourth-order valence-corrected chi connectivity index (χ4v) is 2.67. The van der Waals surface area contributed by atoms with Gasteiger partial charge in [-0.3, -0.25) is 14.7 Å². The first-order valence-electron chi connectivity index (χ1n) is 8.39. The molecule has 0 saturated carbocycles. The largest absolute Gasteiger partial charge is 0.342 e. The maximum Gasteiger partial charge on any atom is 0.269 e. The predicted molar refractivity (Wildman–Crippen MR) is 106 cm³/mol. The van der Waals surface area contributed by atoms with Crippen molar-refractivity contribution in [1.82, 2.24) is 15.5 Å². The van der Waals surface area contributed by atoms with E-state index in [-0.39, 0.29) is 18.1 Å². The molecule has 3 rings (SSSR count). The number of nitrogens with zero attached hydrogens (tertiary/aromatic N) is 1. The van der Waals surface area contributed by atoms with E-state index in [2.05, 4.69) is 20.8 Å². The lowest BCUT2D eigenvalue weighted by Gasteiger charge is -2.10. The zero-order valence-electron chi connectivity index (χ0n) is 15.0. The molecule has 0 aliphatic carbocycles. The summed E-state index contributed by atoms with van der Waals surface area (Å²) in [6.45, 7) is 3.78. The maximum atomic E-state index is 12.2. The number of carbonyl (C=O) groups is 2. The first kappa shape index (κ1) is 18.7. The number of aromatic nitrogens is 2. The van der Waals surface area contributed by atoms with Crippen LogP contribution in [0, 0.1) is 13.8 Å². The van der Waals surface area contributed by atoms with E-state index in [1.165, 1.54) is 0 Å². The van der Waals surface area contributed by atoms with E-state index in [1.54, 1.807) is 18.2 Å². The molecule has 0 aliphatic rings. The summed E-state index contributed by atoms with van der Waals surface area (Å²) >= 11 is 5.87. The van der Waals surface area contributed by atoms with Crippen LogP contribution < -0.4 is 10.6 Å². The van der Waals surface area contributed by atoms with Crippen LogP contribution in [0.1, 0.15) is 21.6 Å². The Kier molecular flexibility index (Phi) is 5.57. The third kappa shape index (κ3) is 4.54. The number of hydrogen-bond acceptors (Lipinski definition) is 3. The molecule has 0 radical (unpaired) electrons. The Morgan fingerprint density at radius 3 is 2.59 bits per heavy atom. The summed E-state index contributed by atoms with van der Waals surface area (Å²) in [5, 5.41) is 12.8. The van der Waals surface area contributed by atoms with Crippen molar-refractivity contribution in [3.05, 3.63) is 70.4 Å². The van der Waals surface area contributed by atoms with Crippen molar-refractivity contribution in [2.45, 2.75) is 13.8 Å². The quantitative estimate of drug-likeness (QED) is 0.628. The average molecular weight is 383 g/mol. The second-order valence-electron chi connectivity index (χ2n) is 6.15. The number of nitrogens with one attached hydrogen (secondary N) is 3. The van der Waals surface area contributed by atoms with Crippen molar-refractivity contribution in [1.29, 1.82) is 0 Å². The average Bonchev–Trinajstić information content (AvgIpc) is 3.14. The Morgan fingerprint density at radius 1 is 1.11 bits per heavy atom. The van der Waals surface area contributed by atoms with Gasteiger partial charge in [0.15, 0.2) is 0 Å². The second-order valence-corrected chi connectivity index (χ2v) is 6.59. The van der Waals surface area contributed by atoms with Gasteiger partial charge in [0.2, 0.25) is 5.91 Å². The highest BCUT2D eigenvalue weighted by Gasteiger charge is 2.13. The number of H-pyrrole nitrogens is 1. The Labute approximate surface area is 161 Å². The maximum absolute atomic E-state index is 12.2. The summed E-state index contributed by atoms with van der Waals surface area (Å²) < 4.78 is 0. The SMILES string of the molecule is Cc1cccc(NC(=O)CNC(=O)c2cc(-c3ccc(Cl)cc3)n[nH]2)c1C. The van der Waals surface area contributed by atoms with E-state index in [0.29, 0.717) is 10.7 Å². The van der Waals surface area contributed by atoms with Crippen LogP contribution in [-0.2, 0) is 4.79 Å². The van der Waals surface area contributed by atoms with Gasteiger partial charge in [-0.25, -0.2) is 0 Å².